The first-order chi connectivity index (χ1) is 15.0. The molecule has 1 atom stereocenters. The maximum atomic E-state index is 13.8. The average molecular weight is 442 g/mol. The third-order valence-electron chi connectivity index (χ3n) is 6.33. The number of benzene rings is 2. The Hall–Kier alpha value is -2.24. The van der Waals surface area contributed by atoms with Crippen LogP contribution in [-0.2, 0) is 12.8 Å². The molecule has 4 nitrogen and oxygen atoms in total. The summed E-state index contributed by atoms with van der Waals surface area (Å²) in [5.74, 6) is 2.35. The lowest BCUT2D eigenvalue weighted by Gasteiger charge is -2.37. The number of rotatable bonds is 7. The molecule has 4 rings (SSSR count). The fourth-order valence-corrected chi connectivity index (χ4v) is 4.99. The van der Waals surface area contributed by atoms with Crippen LogP contribution in [-0.4, -0.2) is 29.1 Å². The summed E-state index contributed by atoms with van der Waals surface area (Å²) < 4.78 is 19.3. The highest BCUT2D eigenvalue weighted by atomic mass is 35.5. The van der Waals surface area contributed by atoms with Crippen molar-refractivity contribution in [2.75, 3.05) is 14.1 Å². The molecule has 1 heterocycles. The zero-order valence-corrected chi connectivity index (χ0v) is 18.9. The van der Waals surface area contributed by atoms with Crippen molar-refractivity contribution in [2.45, 2.75) is 44.6 Å². The van der Waals surface area contributed by atoms with Gasteiger partial charge >= 0.3 is 0 Å². The number of halogens is 2. The first-order valence-electron chi connectivity index (χ1n) is 11.0. The molecule has 31 heavy (non-hydrogen) atoms. The molecule has 1 unspecified atom stereocenters. The fourth-order valence-electron chi connectivity index (χ4n) is 4.87. The van der Waals surface area contributed by atoms with Crippen LogP contribution in [0.2, 0.25) is 5.02 Å². The van der Waals surface area contributed by atoms with Gasteiger partial charge in [0.05, 0.1) is 0 Å². The largest absolute Gasteiger partial charge is 0.339 e. The van der Waals surface area contributed by atoms with Gasteiger partial charge in [-0.05, 0) is 87.0 Å². The highest BCUT2D eigenvalue weighted by Gasteiger charge is 2.31. The van der Waals surface area contributed by atoms with E-state index in [2.05, 4.69) is 29.1 Å². The summed E-state index contributed by atoms with van der Waals surface area (Å²) in [7, 11) is 4.17. The van der Waals surface area contributed by atoms with Crippen LogP contribution in [0, 0.1) is 17.7 Å². The molecule has 6 heteroatoms. The van der Waals surface area contributed by atoms with Gasteiger partial charge in [-0.1, -0.05) is 41.0 Å². The van der Waals surface area contributed by atoms with Gasteiger partial charge in [0, 0.05) is 23.9 Å². The Labute approximate surface area is 188 Å². The van der Waals surface area contributed by atoms with E-state index in [1.165, 1.54) is 6.07 Å². The molecule has 164 valence electrons. The van der Waals surface area contributed by atoms with Gasteiger partial charge in [0.25, 0.3) is 0 Å². The lowest BCUT2D eigenvalue weighted by Crippen LogP contribution is -2.30. The Morgan fingerprint density at radius 2 is 1.84 bits per heavy atom. The number of hydrogen-bond donors (Lipinski definition) is 0. The van der Waals surface area contributed by atoms with E-state index >= 15 is 0 Å². The lowest BCUT2D eigenvalue weighted by atomic mass is 9.75. The molecule has 0 saturated heterocycles. The monoisotopic (exact) mass is 441 g/mol. The Bertz CT molecular complexity index is 980. The van der Waals surface area contributed by atoms with Crippen LogP contribution in [0.1, 0.15) is 54.6 Å². The number of aromatic nitrogens is 2. The molecular weight excluding hydrogens is 413 g/mol. The smallest absolute Gasteiger partial charge is 0.226 e. The van der Waals surface area contributed by atoms with E-state index in [0.717, 1.165) is 54.1 Å². The van der Waals surface area contributed by atoms with Gasteiger partial charge in [0.1, 0.15) is 5.82 Å². The zero-order chi connectivity index (χ0) is 21.8. The van der Waals surface area contributed by atoms with Crippen molar-refractivity contribution < 1.29 is 8.91 Å². The minimum atomic E-state index is -0.163. The van der Waals surface area contributed by atoms with Gasteiger partial charge in [-0.15, -0.1) is 0 Å². The Kier molecular flexibility index (Phi) is 7.03. The molecule has 0 radical (unpaired) electrons. The van der Waals surface area contributed by atoms with Crippen LogP contribution in [0.25, 0.3) is 0 Å². The molecule has 0 aliphatic heterocycles. The molecule has 1 saturated carbocycles. The summed E-state index contributed by atoms with van der Waals surface area (Å²) in [6, 6.07) is 15.0. The molecule has 2 aromatic carbocycles. The second kappa shape index (κ2) is 9.92. The Morgan fingerprint density at radius 3 is 2.52 bits per heavy atom. The van der Waals surface area contributed by atoms with Crippen LogP contribution in [0.15, 0.2) is 53.1 Å². The Balaban J connectivity index is 1.33. The van der Waals surface area contributed by atoms with E-state index in [-0.39, 0.29) is 11.9 Å². The SMILES string of the molecule is CN(C)C(c1cccc(F)c1)C1CCC(Cc2nc(Cc3ccc(Cl)cc3)no2)CC1. The van der Waals surface area contributed by atoms with Gasteiger partial charge in [-0.3, -0.25) is 0 Å². The minimum absolute atomic E-state index is 0.163. The van der Waals surface area contributed by atoms with E-state index in [9.17, 15) is 4.39 Å². The van der Waals surface area contributed by atoms with Crippen LogP contribution in [0.5, 0.6) is 0 Å². The van der Waals surface area contributed by atoms with Crippen LogP contribution < -0.4 is 0 Å². The topological polar surface area (TPSA) is 42.2 Å². The van der Waals surface area contributed by atoms with Crippen LogP contribution >= 0.6 is 11.6 Å². The summed E-state index contributed by atoms with van der Waals surface area (Å²) >= 11 is 5.95. The van der Waals surface area contributed by atoms with Crippen LogP contribution in [0.4, 0.5) is 4.39 Å². The van der Waals surface area contributed by atoms with Gasteiger partial charge in [-0.2, -0.15) is 4.98 Å². The summed E-state index contributed by atoms with van der Waals surface area (Å²) in [5, 5.41) is 4.88. The summed E-state index contributed by atoms with van der Waals surface area (Å²) in [4.78, 5) is 6.82. The van der Waals surface area contributed by atoms with Crippen molar-refractivity contribution in [3.63, 3.8) is 0 Å². The number of hydrogen-bond acceptors (Lipinski definition) is 4. The second-order valence-electron chi connectivity index (χ2n) is 8.86. The third-order valence-corrected chi connectivity index (χ3v) is 6.59. The van der Waals surface area contributed by atoms with Crippen LogP contribution in [0.3, 0.4) is 0 Å². The summed E-state index contributed by atoms with van der Waals surface area (Å²) in [6.45, 7) is 0. The van der Waals surface area contributed by atoms with Crippen molar-refractivity contribution >= 4 is 11.6 Å². The first kappa shape index (κ1) is 22.0. The minimum Gasteiger partial charge on any atom is -0.339 e. The maximum absolute atomic E-state index is 13.8. The normalized spacial score (nSPS) is 20.2. The predicted molar refractivity (Wildman–Crippen MR) is 121 cm³/mol. The third kappa shape index (κ3) is 5.72. The fraction of sp³-hybridized carbons (Fsp3) is 0.440. The zero-order valence-electron chi connectivity index (χ0n) is 18.1. The van der Waals surface area contributed by atoms with E-state index in [1.54, 1.807) is 6.07 Å². The van der Waals surface area contributed by atoms with E-state index in [4.69, 9.17) is 16.1 Å². The summed E-state index contributed by atoms with van der Waals surface area (Å²) in [6.07, 6.45) is 5.96. The highest BCUT2D eigenvalue weighted by Crippen LogP contribution is 2.40. The van der Waals surface area contributed by atoms with Gasteiger partial charge in [-0.25, -0.2) is 4.39 Å². The van der Waals surface area contributed by atoms with Crippen molar-refractivity contribution in [1.29, 1.82) is 0 Å². The van der Waals surface area contributed by atoms with Crippen molar-refractivity contribution in [1.82, 2.24) is 15.0 Å². The second-order valence-corrected chi connectivity index (χ2v) is 9.29. The first-order valence-corrected chi connectivity index (χ1v) is 11.3. The van der Waals surface area contributed by atoms with Gasteiger partial charge in [0.2, 0.25) is 5.89 Å². The lowest BCUT2D eigenvalue weighted by molar-refractivity contribution is 0.145. The Morgan fingerprint density at radius 1 is 1.10 bits per heavy atom. The molecule has 1 fully saturated rings. The quantitative estimate of drug-likeness (QED) is 0.444. The van der Waals surface area contributed by atoms with Crippen molar-refractivity contribution in [3.05, 3.63) is 82.2 Å². The molecule has 1 aromatic heterocycles. The molecule has 3 aromatic rings. The molecule has 1 aliphatic rings. The molecule has 0 bridgehead atoms. The maximum Gasteiger partial charge on any atom is 0.226 e. The molecule has 1 aliphatic carbocycles. The highest BCUT2D eigenvalue weighted by molar-refractivity contribution is 6.30. The van der Waals surface area contributed by atoms with E-state index < -0.39 is 0 Å². The molecule has 0 N–H and O–H groups in total. The standard InChI is InChI=1S/C25H29ClFN3O/c1-30(2)25(20-4-3-5-22(27)16-20)19-10-6-18(7-11-19)15-24-28-23(29-31-24)14-17-8-12-21(26)13-9-17/h3-5,8-9,12-13,16,18-19,25H,6-7,10-11,14-15H2,1-2H3. The van der Waals surface area contributed by atoms with Gasteiger partial charge < -0.3 is 9.42 Å². The molecule has 0 amide bonds. The number of nitrogens with zero attached hydrogens (tertiary/aromatic N) is 3. The van der Waals surface area contributed by atoms with E-state index in [0.29, 0.717) is 24.1 Å². The molecule has 0 spiro atoms. The van der Waals surface area contributed by atoms with Gasteiger partial charge in [0.15, 0.2) is 5.82 Å². The predicted octanol–water partition coefficient (Wildman–Crippen LogP) is 6.10. The average Bonchev–Trinajstić information content (AvgIpc) is 3.18. The molecular formula is C25H29ClFN3O. The summed E-state index contributed by atoms with van der Waals surface area (Å²) in [5.41, 5.74) is 2.18. The van der Waals surface area contributed by atoms with Crippen molar-refractivity contribution in [3.8, 4) is 0 Å². The van der Waals surface area contributed by atoms with Crippen molar-refractivity contribution in [2.24, 2.45) is 11.8 Å². The van der Waals surface area contributed by atoms with E-state index in [1.807, 2.05) is 36.4 Å².